The minimum atomic E-state index is 0.391. The number of nitrogens with zero attached hydrogens (tertiary/aromatic N) is 1. The van der Waals surface area contributed by atoms with E-state index >= 15 is 0 Å². The van der Waals surface area contributed by atoms with Crippen LogP contribution in [0.1, 0.15) is 30.9 Å². The van der Waals surface area contributed by atoms with Crippen LogP contribution in [0.3, 0.4) is 0 Å². The summed E-state index contributed by atoms with van der Waals surface area (Å²) in [4.78, 5) is 0. The van der Waals surface area contributed by atoms with Crippen molar-refractivity contribution in [2.45, 2.75) is 25.2 Å². The van der Waals surface area contributed by atoms with E-state index in [0.29, 0.717) is 16.8 Å². The number of nitrogens with two attached hydrogens (primary N) is 1. The van der Waals surface area contributed by atoms with Crippen LogP contribution < -0.4 is 10.5 Å². The number of rotatable bonds is 3. The Morgan fingerprint density at radius 2 is 2.21 bits per heavy atom. The number of hydrogen-bond donors (Lipinski definition) is 1. The Morgan fingerprint density at radius 3 is 2.84 bits per heavy atom. The SMILES string of the molecule is COc1ccc(Cl)cc1-c1c(N)noc1C1CCC1. The van der Waals surface area contributed by atoms with Crippen LogP contribution in [0.4, 0.5) is 5.82 Å². The smallest absolute Gasteiger partial charge is 0.175 e. The number of halogens is 1. The lowest BCUT2D eigenvalue weighted by Gasteiger charge is -2.23. The molecule has 0 saturated heterocycles. The number of hydrogen-bond acceptors (Lipinski definition) is 4. The first kappa shape index (κ1) is 12.4. The number of anilines is 1. The van der Waals surface area contributed by atoms with E-state index in [1.54, 1.807) is 13.2 Å². The van der Waals surface area contributed by atoms with Crippen molar-refractivity contribution in [3.8, 4) is 16.9 Å². The molecule has 100 valence electrons. The Kier molecular flexibility index (Phi) is 3.11. The Hall–Kier alpha value is -1.68. The molecule has 1 heterocycles. The van der Waals surface area contributed by atoms with Gasteiger partial charge in [-0.3, -0.25) is 0 Å². The van der Waals surface area contributed by atoms with Gasteiger partial charge in [0.1, 0.15) is 11.5 Å². The van der Waals surface area contributed by atoms with E-state index in [-0.39, 0.29) is 0 Å². The van der Waals surface area contributed by atoms with Crippen molar-refractivity contribution in [3.05, 3.63) is 29.0 Å². The number of methoxy groups -OCH3 is 1. The van der Waals surface area contributed by atoms with Gasteiger partial charge in [-0.15, -0.1) is 0 Å². The van der Waals surface area contributed by atoms with E-state index in [1.807, 2.05) is 12.1 Å². The first-order valence-electron chi connectivity index (χ1n) is 6.29. The van der Waals surface area contributed by atoms with E-state index in [0.717, 1.165) is 35.5 Å². The summed E-state index contributed by atoms with van der Waals surface area (Å²) >= 11 is 6.08. The summed E-state index contributed by atoms with van der Waals surface area (Å²) in [6.45, 7) is 0. The van der Waals surface area contributed by atoms with Gasteiger partial charge in [-0.2, -0.15) is 0 Å². The Balaban J connectivity index is 2.15. The van der Waals surface area contributed by atoms with E-state index in [4.69, 9.17) is 26.6 Å². The lowest BCUT2D eigenvalue weighted by molar-refractivity contribution is 0.302. The molecule has 5 heteroatoms. The molecule has 2 N–H and O–H groups in total. The van der Waals surface area contributed by atoms with Gasteiger partial charge < -0.3 is 15.0 Å². The molecular formula is C14H15ClN2O2. The van der Waals surface area contributed by atoms with E-state index in [2.05, 4.69) is 5.16 Å². The van der Waals surface area contributed by atoms with Crippen molar-refractivity contribution in [1.29, 1.82) is 0 Å². The highest BCUT2D eigenvalue weighted by Gasteiger charge is 2.30. The van der Waals surface area contributed by atoms with Crippen LogP contribution in [0.25, 0.3) is 11.1 Å². The molecule has 1 saturated carbocycles. The van der Waals surface area contributed by atoms with Crippen molar-refractivity contribution >= 4 is 17.4 Å². The molecule has 2 aromatic rings. The molecule has 0 atom stereocenters. The number of benzene rings is 1. The second kappa shape index (κ2) is 4.78. The molecular weight excluding hydrogens is 264 g/mol. The van der Waals surface area contributed by atoms with Gasteiger partial charge in [0.2, 0.25) is 0 Å². The van der Waals surface area contributed by atoms with Gasteiger partial charge in [-0.1, -0.05) is 23.2 Å². The standard InChI is InChI=1S/C14H15ClN2O2/c1-18-11-6-5-9(15)7-10(11)12-13(8-3-2-4-8)19-17-14(12)16/h5-8H,2-4H2,1H3,(H2,16,17). The average molecular weight is 279 g/mol. The molecule has 4 nitrogen and oxygen atoms in total. The largest absolute Gasteiger partial charge is 0.496 e. The highest BCUT2D eigenvalue weighted by atomic mass is 35.5. The molecule has 0 radical (unpaired) electrons. The summed E-state index contributed by atoms with van der Waals surface area (Å²) in [6.07, 6.45) is 3.45. The van der Waals surface area contributed by atoms with Crippen LogP contribution in [-0.2, 0) is 0 Å². The third-order valence-corrected chi connectivity index (χ3v) is 3.89. The van der Waals surface area contributed by atoms with Gasteiger partial charge in [0.25, 0.3) is 0 Å². The van der Waals surface area contributed by atoms with Gasteiger partial charge in [0.05, 0.1) is 12.7 Å². The summed E-state index contributed by atoms with van der Waals surface area (Å²) < 4.78 is 10.8. The maximum atomic E-state index is 6.08. The van der Waals surface area contributed by atoms with Crippen molar-refractivity contribution in [2.24, 2.45) is 0 Å². The summed E-state index contributed by atoms with van der Waals surface area (Å²) in [5.74, 6) is 2.37. The van der Waals surface area contributed by atoms with Crippen LogP contribution in [0, 0.1) is 0 Å². The summed E-state index contributed by atoms with van der Waals surface area (Å²) in [5, 5.41) is 4.54. The van der Waals surface area contributed by atoms with Crippen LogP contribution in [0.5, 0.6) is 5.75 Å². The third kappa shape index (κ3) is 2.06. The highest BCUT2D eigenvalue weighted by molar-refractivity contribution is 6.31. The Bertz CT molecular complexity index is 605. The zero-order chi connectivity index (χ0) is 13.4. The zero-order valence-corrected chi connectivity index (χ0v) is 11.4. The number of nitrogen functional groups attached to an aromatic ring is 1. The fourth-order valence-corrected chi connectivity index (χ4v) is 2.58. The molecule has 0 amide bonds. The molecule has 1 fully saturated rings. The maximum Gasteiger partial charge on any atom is 0.175 e. The molecule has 0 unspecified atom stereocenters. The Labute approximate surface area is 116 Å². The zero-order valence-electron chi connectivity index (χ0n) is 10.6. The molecule has 1 aromatic heterocycles. The minimum Gasteiger partial charge on any atom is -0.496 e. The number of aromatic nitrogens is 1. The van der Waals surface area contributed by atoms with E-state index < -0.39 is 0 Å². The van der Waals surface area contributed by atoms with Crippen LogP contribution in [-0.4, -0.2) is 12.3 Å². The maximum absolute atomic E-state index is 6.08. The van der Waals surface area contributed by atoms with E-state index in [1.165, 1.54) is 6.42 Å². The van der Waals surface area contributed by atoms with Crippen molar-refractivity contribution in [2.75, 3.05) is 12.8 Å². The summed E-state index contributed by atoms with van der Waals surface area (Å²) in [5.41, 5.74) is 7.63. The third-order valence-electron chi connectivity index (χ3n) is 3.65. The molecule has 1 aromatic carbocycles. The normalized spacial score (nSPS) is 15.3. The second-order valence-corrected chi connectivity index (χ2v) is 5.22. The summed E-state index contributed by atoms with van der Waals surface area (Å²) in [7, 11) is 1.62. The molecule has 3 rings (SSSR count). The first-order chi connectivity index (χ1) is 9.20. The van der Waals surface area contributed by atoms with Gasteiger partial charge in [-0.05, 0) is 31.0 Å². The average Bonchev–Trinajstić information content (AvgIpc) is 2.69. The fraction of sp³-hybridized carbons (Fsp3) is 0.357. The van der Waals surface area contributed by atoms with Crippen LogP contribution in [0.15, 0.2) is 22.7 Å². The van der Waals surface area contributed by atoms with Gasteiger partial charge in [0, 0.05) is 16.5 Å². The Morgan fingerprint density at radius 1 is 1.42 bits per heavy atom. The predicted molar refractivity (Wildman–Crippen MR) is 74.5 cm³/mol. The van der Waals surface area contributed by atoms with E-state index in [9.17, 15) is 0 Å². The van der Waals surface area contributed by atoms with Crippen molar-refractivity contribution in [1.82, 2.24) is 5.16 Å². The highest BCUT2D eigenvalue weighted by Crippen LogP contribution is 2.46. The quantitative estimate of drug-likeness (QED) is 0.926. The molecule has 1 aliphatic rings. The molecule has 0 spiro atoms. The van der Waals surface area contributed by atoms with Crippen molar-refractivity contribution in [3.63, 3.8) is 0 Å². The summed E-state index contributed by atoms with van der Waals surface area (Å²) in [6, 6.07) is 5.46. The van der Waals surface area contributed by atoms with Crippen LogP contribution in [0.2, 0.25) is 5.02 Å². The van der Waals surface area contributed by atoms with Gasteiger partial charge in [-0.25, -0.2) is 0 Å². The molecule has 0 aliphatic heterocycles. The molecule has 0 bridgehead atoms. The molecule has 1 aliphatic carbocycles. The van der Waals surface area contributed by atoms with Gasteiger partial charge in [0.15, 0.2) is 5.82 Å². The minimum absolute atomic E-state index is 0.391. The monoisotopic (exact) mass is 278 g/mol. The molecule has 19 heavy (non-hydrogen) atoms. The topological polar surface area (TPSA) is 61.3 Å². The lowest BCUT2D eigenvalue weighted by atomic mass is 9.81. The lowest BCUT2D eigenvalue weighted by Crippen LogP contribution is -2.09. The van der Waals surface area contributed by atoms with Gasteiger partial charge >= 0.3 is 0 Å². The van der Waals surface area contributed by atoms with Crippen LogP contribution >= 0.6 is 11.6 Å². The number of ether oxygens (including phenoxy) is 1. The predicted octanol–water partition coefficient (Wildman–Crippen LogP) is 3.85. The fourth-order valence-electron chi connectivity index (χ4n) is 2.41. The first-order valence-corrected chi connectivity index (χ1v) is 6.67. The second-order valence-electron chi connectivity index (χ2n) is 4.78. The van der Waals surface area contributed by atoms with Crippen molar-refractivity contribution < 1.29 is 9.26 Å².